The number of benzene rings is 1. The Morgan fingerprint density at radius 1 is 1.23 bits per heavy atom. The van der Waals surface area contributed by atoms with Crippen LogP contribution < -0.4 is 10.2 Å². The molecule has 1 fully saturated rings. The van der Waals surface area contributed by atoms with Crippen molar-refractivity contribution in [1.82, 2.24) is 19.7 Å². The highest BCUT2D eigenvalue weighted by atomic mass is 32.2. The molecule has 4 rings (SSSR count). The largest absolute Gasteiger partial charge is 0.354 e. The van der Waals surface area contributed by atoms with Gasteiger partial charge in [-0.25, -0.2) is 9.97 Å². The highest BCUT2D eigenvalue weighted by Crippen LogP contribution is 2.26. The van der Waals surface area contributed by atoms with Crippen LogP contribution in [-0.2, 0) is 7.05 Å². The van der Waals surface area contributed by atoms with E-state index in [1.165, 1.54) is 0 Å². The number of carbonyl (C=O) groups excluding carboxylic acids is 1. The molecular formula is C18H20N6OS. The molecular weight excluding hydrogens is 348 g/mol. The van der Waals surface area contributed by atoms with Crippen molar-refractivity contribution < 1.29 is 4.79 Å². The number of anilines is 2. The summed E-state index contributed by atoms with van der Waals surface area (Å²) in [5.41, 5.74) is 2.49. The third kappa shape index (κ3) is 3.24. The normalized spacial score (nSPS) is 14.6. The van der Waals surface area contributed by atoms with Gasteiger partial charge < -0.3 is 10.2 Å². The molecule has 0 atom stereocenters. The van der Waals surface area contributed by atoms with E-state index in [2.05, 4.69) is 25.3 Å². The fraction of sp³-hybridized carbons (Fsp3) is 0.333. The lowest BCUT2D eigenvalue weighted by Gasteiger charge is -2.27. The quantitative estimate of drug-likeness (QED) is 0.765. The average molecular weight is 368 g/mol. The second kappa shape index (κ2) is 6.95. The summed E-state index contributed by atoms with van der Waals surface area (Å²) in [4.78, 5) is 24.0. The number of hydrogen-bond acceptors (Lipinski definition) is 6. The van der Waals surface area contributed by atoms with Crippen molar-refractivity contribution in [2.45, 2.75) is 6.92 Å². The Morgan fingerprint density at radius 3 is 2.81 bits per heavy atom. The predicted octanol–water partition coefficient (Wildman–Crippen LogP) is 2.48. The van der Waals surface area contributed by atoms with Crippen LogP contribution in [0, 0.1) is 6.92 Å². The summed E-state index contributed by atoms with van der Waals surface area (Å²) in [5.74, 6) is 2.74. The first-order chi connectivity index (χ1) is 12.6. The molecule has 1 aliphatic rings. The van der Waals surface area contributed by atoms with Gasteiger partial charge in [0.2, 0.25) is 5.82 Å². The van der Waals surface area contributed by atoms with E-state index in [-0.39, 0.29) is 11.7 Å². The molecule has 3 heterocycles. The predicted molar refractivity (Wildman–Crippen MR) is 105 cm³/mol. The summed E-state index contributed by atoms with van der Waals surface area (Å²) in [5, 5.41) is 8.07. The smallest absolute Gasteiger partial charge is 0.293 e. The zero-order valence-electron chi connectivity index (χ0n) is 14.8. The first-order valence-electron chi connectivity index (χ1n) is 8.52. The molecule has 8 heteroatoms. The van der Waals surface area contributed by atoms with Crippen molar-refractivity contribution in [2.24, 2.45) is 7.05 Å². The van der Waals surface area contributed by atoms with E-state index < -0.39 is 0 Å². The Hall–Kier alpha value is -2.61. The van der Waals surface area contributed by atoms with E-state index in [1.807, 2.05) is 50.0 Å². The van der Waals surface area contributed by atoms with Crippen LogP contribution in [0.4, 0.5) is 11.5 Å². The molecule has 0 spiro atoms. The molecule has 134 valence electrons. The van der Waals surface area contributed by atoms with Crippen molar-refractivity contribution in [3.63, 3.8) is 0 Å². The van der Waals surface area contributed by atoms with Crippen LogP contribution in [-0.4, -0.2) is 50.3 Å². The zero-order chi connectivity index (χ0) is 18.1. The van der Waals surface area contributed by atoms with Crippen LogP contribution in [0.25, 0.3) is 11.0 Å². The van der Waals surface area contributed by atoms with Gasteiger partial charge >= 0.3 is 0 Å². The van der Waals surface area contributed by atoms with Gasteiger partial charge in [-0.3, -0.25) is 9.48 Å². The summed E-state index contributed by atoms with van der Waals surface area (Å²) < 4.78 is 1.68. The third-order valence-electron chi connectivity index (χ3n) is 4.36. The average Bonchev–Trinajstić information content (AvgIpc) is 3.03. The molecule has 1 aromatic carbocycles. The number of nitrogens with zero attached hydrogens (tertiary/aromatic N) is 5. The van der Waals surface area contributed by atoms with Gasteiger partial charge in [0.15, 0.2) is 5.65 Å². The molecule has 26 heavy (non-hydrogen) atoms. The Morgan fingerprint density at radius 2 is 2.04 bits per heavy atom. The first kappa shape index (κ1) is 16.8. The van der Waals surface area contributed by atoms with Crippen molar-refractivity contribution in [3.05, 3.63) is 41.9 Å². The summed E-state index contributed by atoms with van der Waals surface area (Å²) in [7, 11) is 1.83. The first-order valence-corrected chi connectivity index (χ1v) is 9.68. The maximum atomic E-state index is 12.7. The zero-order valence-corrected chi connectivity index (χ0v) is 15.6. The Bertz CT molecular complexity index is 963. The minimum absolute atomic E-state index is 0.163. The van der Waals surface area contributed by atoms with Gasteiger partial charge in [0.25, 0.3) is 5.91 Å². The fourth-order valence-electron chi connectivity index (χ4n) is 3.03. The van der Waals surface area contributed by atoms with Gasteiger partial charge in [0.1, 0.15) is 5.82 Å². The molecule has 0 saturated carbocycles. The van der Waals surface area contributed by atoms with Crippen LogP contribution in [0.1, 0.15) is 16.2 Å². The number of thioether (sulfide) groups is 1. The van der Waals surface area contributed by atoms with Crippen molar-refractivity contribution in [1.29, 1.82) is 0 Å². The molecule has 2 aromatic heterocycles. The standard InChI is InChI=1S/C18H20N6OS/c1-12-4-3-5-13(10-12)20-18(25)15-21-16-14(11-19-23(16)2)17(22-15)24-6-8-26-9-7-24/h3-5,10-11H,6-9H2,1-2H3,(H,20,25). The Labute approximate surface area is 155 Å². The van der Waals surface area contributed by atoms with Gasteiger partial charge in [-0.1, -0.05) is 12.1 Å². The Balaban J connectivity index is 1.72. The van der Waals surface area contributed by atoms with E-state index >= 15 is 0 Å². The summed E-state index contributed by atoms with van der Waals surface area (Å²) in [6, 6.07) is 7.67. The molecule has 1 aliphatic heterocycles. The van der Waals surface area contributed by atoms with E-state index in [4.69, 9.17) is 0 Å². The van der Waals surface area contributed by atoms with Gasteiger partial charge in [-0.2, -0.15) is 16.9 Å². The number of amides is 1. The van der Waals surface area contributed by atoms with Crippen LogP contribution in [0.3, 0.4) is 0 Å². The molecule has 7 nitrogen and oxygen atoms in total. The summed E-state index contributed by atoms with van der Waals surface area (Å²) in [6.45, 7) is 3.80. The minimum Gasteiger partial charge on any atom is -0.354 e. The van der Waals surface area contributed by atoms with Gasteiger partial charge in [-0.05, 0) is 24.6 Å². The lowest BCUT2D eigenvalue weighted by atomic mass is 10.2. The minimum atomic E-state index is -0.314. The van der Waals surface area contributed by atoms with E-state index in [0.29, 0.717) is 5.65 Å². The van der Waals surface area contributed by atoms with Crippen molar-refractivity contribution >= 4 is 40.2 Å². The van der Waals surface area contributed by atoms with Crippen molar-refractivity contribution in [2.75, 3.05) is 34.8 Å². The number of rotatable bonds is 3. The number of carbonyl (C=O) groups is 1. The molecule has 1 amide bonds. The maximum Gasteiger partial charge on any atom is 0.293 e. The number of nitrogens with one attached hydrogen (secondary N) is 1. The highest BCUT2D eigenvalue weighted by Gasteiger charge is 2.21. The number of fused-ring (bicyclic) bond motifs is 1. The second-order valence-corrected chi connectivity index (χ2v) is 7.52. The Kier molecular flexibility index (Phi) is 4.50. The van der Waals surface area contributed by atoms with Crippen molar-refractivity contribution in [3.8, 4) is 0 Å². The topological polar surface area (TPSA) is 75.9 Å². The number of hydrogen-bond donors (Lipinski definition) is 1. The molecule has 3 aromatic rings. The molecule has 1 saturated heterocycles. The molecule has 0 aliphatic carbocycles. The number of aromatic nitrogens is 4. The van der Waals surface area contributed by atoms with Crippen LogP contribution in [0.5, 0.6) is 0 Å². The molecule has 1 N–H and O–H groups in total. The SMILES string of the molecule is Cc1cccc(NC(=O)c2nc(N3CCSCC3)c3cnn(C)c3n2)c1. The van der Waals surface area contributed by atoms with E-state index in [0.717, 1.165) is 47.1 Å². The molecule has 0 unspecified atom stereocenters. The van der Waals surface area contributed by atoms with Crippen LogP contribution in [0.15, 0.2) is 30.5 Å². The third-order valence-corrected chi connectivity index (χ3v) is 5.30. The van der Waals surface area contributed by atoms with Gasteiger partial charge in [0.05, 0.1) is 11.6 Å². The van der Waals surface area contributed by atoms with Crippen LogP contribution >= 0.6 is 11.8 Å². The fourth-order valence-corrected chi connectivity index (χ4v) is 3.94. The number of aryl methyl sites for hydroxylation is 2. The monoisotopic (exact) mass is 368 g/mol. The molecule has 0 bridgehead atoms. The molecule has 0 radical (unpaired) electrons. The summed E-state index contributed by atoms with van der Waals surface area (Å²) >= 11 is 1.93. The lowest BCUT2D eigenvalue weighted by Crippen LogP contribution is -2.34. The van der Waals surface area contributed by atoms with E-state index in [1.54, 1.807) is 10.9 Å². The second-order valence-electron chi connectivity index (χ2n) is 6.30. The highest BCUT2D eigenvalue weighted by molar-refractivity contribution is 7.99. The lowest BCUT2D eigenvalue weighted by molar-refractivity contribution is 0.101. The van der Waals surface area contributed by atoms with Gasteiger partial charge in [-0.15, -0.1) is 0 Å². The maximum absolute atomic E-state index is 12.7. The summed E-state index contributed by atoms with van der Waals surface area (Å²) in [6.07, 6.45) is 1.77. The van der Waals surface area contributed by atoms with E-state index in [9.17, 15) is 4.79 Å². The van der Waals surface area contributed by atoms with Crippen LogP contribution in [0.2, 0.25) is 0 Å². The van der Waals surface area contributed by atoms with Gasteiger partial charge in [0, 0.05) is 37.3 Å².